The number of carbonyl (C=O) groups excluding carboxylic acids is 1. The van der Waals surface area contributed by atoms with Crippen LogP contribution in [0, 0.1) is 0 Å². The lowest BCUT2D eigenvalue weighted by Gasteiger charge is -2.15. The maximum Gasteiger partial charge on any atom is 0.243 e. The molecule has 0 amide bonds. The molecule has 0 saturated carbocycles. The van der Waals surface area contributed by atoms with Crippen molar-refractivity contribution >= 4 is 27.9 Å². The molecule has 0 atom stereocenters. The molecule has 2 rings (SSSR count). The first kappa shape index (κ1) is 14.8. The van der Waals surface area contributed by atoms with E-state index < -0.39 is 10.0 Å². The van der Waals surface area contributed by atoms with Crippen molar-refractivity contribution in [2.75, 3.05) is 7.05 Å². The van der Waals surface area contributed by atoms with Crippen LogP contribution in [0.2, 0.25) is 5.02 Å². The maximum atomic E-state index is 12.3. The van der Waals surface area contributed by atoms with Gasteiger partial charge in [0.1, 0.15) is 5.76 Å². The highest BCUT2D eigenvalue weighted by molar-refractivity contribution is 7.89. The van der Waals surface area contributed by atoms with Gasteiger partial charge >= 0.3 is 0 Å². The molecule has 1 heterocycles. The highest BCUT2D eigenvalue weighted by Gasteiger charge is 2.21. The van der Waals surface area contributed by atoms with Crippen molar-refractivity contribution in [2.45, 2.75) is 11.4 Å². The van der Waals surface area contributed by atoms with Crippen LogP contribution < -0.4 is 0 Å². The molecule has 106 valence electrons. The van der Waals surface area contributed by atoms with Gasteiger partial charge in [-0.2, -0.15) is 4.31 Å². The van der Waals surface area contributed by atoms with E-state index in [0.29, 0.717) is 17.1 Å². The van der Waals surface area contributed by atoms with Gasteiger partial charge in [-0.3, -0.25) is 4.79 Å². The summed E-state index contributed by atoms with van der Waals surface area (Å²) in [6, 6.07) is 8.96. The monoisotopic (exact) mass is 313 g/mol. The fourth-order valence-corrected chi connectivity index (χ4v) is 2.90. The normalized spacial score (nSPS) is 11.8. The molecule has 0 unspecified atom stereocenters. The SMILES string of the molecule is CN(Cc1ccc(C=O)o1)S(=O)(=O)c1ccc(Cl)cc1. The number of hydrogen-bond donors (Lipinski definition) is 0. The van der Waals surface area contributed by atoms with Gasteiger partial charge in [0, 0.05) is 12.1 Å². The zero-order valence-electron chi connectivity index (χ0n) is 10.6. The topological polar surface area (TPSA) is 67.6 Å². The average molecular weight is 314 g/mol. The van der Waals surface area contributed by atoms with Gasteiger partial charge in [-0.05, 0) is 36.4 Å². The van der Waals surface area contributed by atoms with E-state index in [4.69, 9.17) is 16.0 Å². The largest absolute Gasteiger partial charge is 0.457 e. The Morgan fingerprint density at radius 1 is 1.20 bits per heavy atom. The quantitative estimate of drug-likeness (QED) is 0.796. The van der Waals surface area contributed by atoms with Crippen LogP contribution in [0.15, 0.2) is 45.7 Å². The molecule has 0 spiro atoms. The first-order chi connectivity index (χ1) is 9.43. The van der Waals surface area contributed by atoms with Gasteiger partial charge in [0.05, 0.1) is 11.4 Å². The number of furan rings is 1. The van der Waals surface area contributed by atoms with E-state index in [-0.39, 0.29) is 17.2 Å². The lowest BCUT2D eigenvalue weighted by Crippen LogP contribution is -2.26. The third kappa shape index (κ3) is 3.09. The summed E-state index contributed by atoms with van der Waals surface area (Å²) in [6.45, 7) is 0.0405. The number of benzene rings is 1. The Kier molecular flexibility index (Phi) is 4.27. The summed E-state index contributed by atoms with van der Waals surface area (Å²) in [5, 5.41) is 0.466. The Morgan fingerprint density at radius 2 is 1.85 bits per heavy atom. The van der Waals surface area contributed by atoms with E-state index in [2.05, 4.69) is 0 Å². The summed E-state index contributed by atoms with van der Waals surface area (Å²) < 4.78 is 30.9. The Hall–Kier alpha value is -1.63. The second kappa shape index (κ2) is 5.78. The summed E-state index contributed by atoms with van der Waals surface area (Å²) in [6.07, 6.45) is 0.567. The smallest absolute Gasteiger partial charge is 0.243 e. The average Bonchev–Trinajstić information content (AvgIpc) is 2.87. The zero-order valence-corrected chi connectivity index (χ0v) is 12.2. The second-order valence-corrected chi connectivity index (χ2v) is 6.62. The van der Waals surface area contributed by atoms with E-state index in [9.17, 15) is 13.2 Å². The van der Waals surface area contributed by atoms with Crippen molar-refractivity contribution in [1.82, 2.24) is 4.31 Å². The third-order valence-electron chi connectivity index (χ3n) is 2.70. The minimum atomic E-state index is -3.63. The molecule has 0 saturated heterocycles. The number of aldehydes is 1. The summed E-state index contributed by atoms with van der Waals surface area (Å²) in [5.74, 6) is 0.560. The molecule has 1 aromatic carbocycles. The van der Waals surface area contributed by atoms with Crippen LogP contribution in [-0.4, -0.2) is 26.1 Å². The van der Waals surface area contributed by atoms with Gasteiger partial charge in [0.15, 0.2) is 12.0 Å². The molecule has 7 heteroatoms. The maximum absolute atomic E-state index is 12.3. The van der Waals surface area contributed by atoms with Crippen molar-refractivity contribution in [2.24, 2.45) is 0 Å². The molecule has 0 N–H and O–H groups in total. The molecule has 5 nitrogen and oxygen atoms in total. The van der Waals surface area contributed by atoms with Gasteiger partial charge in [-0.1, -0.05) is 11.6 Å². The van der Waals surface area contributed by atoms with Crippen molar-refractivity contribution in [3.05, 3.63) is 52.9 Å². The van der Waals surface area contributed by atoms with Crippen LogP contribution in [-0.2, 0) is 16.6 Å². The van der Waals surface area contributed by atoms with E-state index in [1.807, 2.05) is 0 Å². The zero-order chi connectivity index (χ0) is 14.8. The fraction of sp³-hybridized carbons (Fsp3) is 0.154. The number of nitrogens with zero attached hydrogens (tertiary/aromatic N) is 1. The van der Waals surface area contributed by atoms with Crippen LogP contribution in [0.25, 0.3) is 0 Å². The minimum Gasteiger partial charge on any atom is -0.457 e. The molecule has 0 aliphatic heterocycles. The number of halogens is 1. The molecule has 0 fully saturated rings. The number of carbonyl (C=O) groups is 1. The standard InChI is InChI=1S/C13H12ClNO4S/c1-15(8-11-4-5-12(9-16)19-11)20(17,18)13-6-2-10(14)3-7-13/h2-7,9H,8H2,1H3. The first-order valence-electron chi connectivity index (χ1n) is 5.69. The van der Waals surface area contributed by atoms with Gasteiger partial charge < -0.3 is 4.42 Å². The van der Waals surface area contributed by atoms with E-state index in [1.54, 1.807) is 6.07 Å². The van der Waals surface area contributed by atoms with Crippen LogP contribution in [0.5, 0.6) is 0 Å². The summed E-state index contributed by atoms with van der Waals surface area (Å²) in [5.41, 5.74) is 0. The Labute approximate surface area is 121 Å². The number of sulfonamides is 1. The van der Waals surface area contributed by atoms with Crippen molar-refractivity contribution < 1.29 is 17.6 Å². The molecular weight excluding hydrogens is 302 g/mol. The summed E-state index contributed by atoms with van der Waals surface area (Å²) in [4.78, 5) is 10.7. The molecule has 2 aromatic rings. The second-order valence-electron chi connectivity index (χ2n) is 4.14. The van der Waals surface area contributed by atoms with E-state index >= 15 is 0 Å². The van der Waals surface area contributed by atoms with Crippen molar-refractivity contribution in [3.63, 3.8) is 0 Å². The first-order valence-corrected chi connectivity index (χ1v) is 7.51. The molecular formula is C13H12ClNO4S. The third-order valence-corrected chi connectivity index (χ3v) is 4.77. The molecule has 1 aromatic heterocycles. The Bertz CT molecular complexity index is 706. The molecule has 0 aliphatic carbocycles. The minimum absolute atomic E-state index is 0.0405. The summed E-state index contributed by atoms with van der Waals surface area (Å²) in [7, 11) is -2.19. The lowest BCUT2D eigenvalue weighted by atomic mass is 10.4. The predicted molar refractivity (Wildman–Crippen MR) is 74.2 cm³/mol. The Morgan fingerprint density at radius 3 is 2.40 bits per heavy atom. The predicted octanol–water partition coefficient (Wildman–Crippen LogP) is 2.57. The van der Waals surface area contributed by atoms with Crippen LogP contribution >= 0.6 is 11.6 Å². The molecule has 0 radical (unpaired) electrons. The number of hydrogen-bond acceptors (Lipinski definition) is 4. The van der Waals surface area contributed by atoms with E-state index in [1.165, 1.54) is 37.4 Å². The van der Waals surface area contributed by atoms with E-state index in [0.717, 1.165) is 4.31 Å². The molecule has 0 bridgehead atoms. The highest BCUT2D eigenvalue weighted by Crippen LogP contribution is 2.19. The van der Waals surface area contributed by atoms with Gasteiger partial charge in [0.25, 0.3) is 0 Å². The van der Waals surface area contributed by atoms with Crippen LogP contribution in [0.3, 0.4) is 0 Å². The van der Waals surface area contributed by atoms with Crippen molar-refractivity contribution in [1.29, 1.82) is 0 Å². The fourth-order valence-electron chi connectivity index (χ4n) is 1.63. The molecule has 0 aliphatic rings. The van der Waals surface area contributed by atoms with Crippen LogP contribution in [0.1, 0.15) is 16.3 Å². The Balaban J connectivity index is 2.20. The van der Waals surface area contributed by atoms with Gasteiger partial charge in [-0.15, -0.1) is 0 Å². The van der Waals surface area contributed by atoms with Gasteiger partial charge in [-0.25, -0.2) is 8.42 Å². The molecule has 20 heavy (non-hydrogen) atoms. The highest BCUT2D eigenvalue weighted by atomic mass is 35.5. The lowest BCUT2D eigenvalue weighted by molar-refractivity contribution is 0.109. The number of rotatable bonds is 5. The van der Waals surface area contributed by atoms with Crippen molar-refractivity contribution in [3.8, 4) is 0 Å². The summed E-state index contributed by atoms with van der Waals surface area (Å²) >= 11 is 5.73. The van der Waals surface area contributed by atoms with Gasteiger partial charge in [0.2, 0.25) is 10.0 Å². The van der Waals surface area contributed by atoms with Crippen LogP contribution in [0.4, 0.5) is 0 Å².